The molecule has 4 rings (SSSR count). The van der Waals surface area contributed by atoms with Crippen LogP contribution in [-0.4, -0.2) is 34.5 Å². The average molecular weight is 558 g/mol. The van der Waals surface area contributed by atoms with Gasteiger partial charge in [0.1, 0.15) is 5.82 Å². The molecule has 1 amide bonds. The van der Waals surface area contributed by atoms with Crippen LogP contribution in [0.3, 0.4) is 0 Å². The van der Waals surface area contributed by atoms with Gasteiger partial charge in [-0.1, -0.05) is 42.5 Å². The lowest BCUT2D eigenvalue weighted by Crippen LogP contribution is -2.40. The maximum absolute atomic E-state index is 12.1. The van der Waals surface area contributed by atoms with Crippen molar-refractivity contribution in [2.75, 3.05) is 18.4 Å². The van der Waals surface area contributed by atoms with Gasteiger partial charge in [0.15, 0.2) is 5.96 Å². The molecule has 0 saturated heterocycles. The van der Waals surface area contributed by atoms with Crippen LogP contribution < -0.4 is 16.0 Å². The first kappa shape index (κ1) is 24.8. The average Bonchev–Trinajstić information content (AvgIpc) is 3.20. The maximum Gasteiger partial charge on any atom is 0.225 e. The number of carbonyl (C=O) groups excluding carboxylic acids is 1. The number of aliphatic imine (C=N–C) groups is 1. The number of benzene rings is 2. The number of guanidine groups is 1. The van der Waals surface area contributed by atoms with Crippen LogP contribution in [0.2, 0.25) is 0 Å². The molecule has 0 radical (unpaired) electrons. The summed E-state index contributed by atoms with van der Waals surface area (Å²) in [6.45, 7) is 6.86. The highest BCUT2D eigenvalue weighted by atomic mass is 127. The number of carbonyl (C=O) groups is 1. The van der Waals surface area contributed by atoms with Crippen molar-refractivity contribution in [1.29, 1.82) is 0 Å². The molecule has 0 fully saturated rings. The smallest absolute Gasteiger partial charge is 0.225 e. The van der Waals surface area contributed by atoms with Crippen molar-refractivity contribution in [3.8, 4) is 0 Å². The summed E-state index contributed by atoms with van der Waals surface area (Å²) in [5, 5.41) is 9.69. The van der Waals surface area contributed by atoms with E-state index in [9.17, 15) is 4.79 Å². The second kappa shape index (κ2) is 11.8. The molecule has 3 aromatic rings. The van der Waals surface area contributed by atoms with Crippen molar-refractivity contribution in [3.63, 3.8) is 0 Å². The molecule has 0 spiro atoms. The molecule has 1 aromatic heterocycles. The summed E-state index contributed by atoms with van der Waals surface area (Å²) in [7, 11) is 0. The Balaban J connectivity index is 0.00000306. The lowest BCUT2D eigenvalue weighted by molar-refractivity contribution is -0.116. The molecule has 7 nitrogen and oxygen atoms in total. The number of aryl methyl sites for hydroxylation is 1. The Morgan fingerprint density at radius 2 is 2.00 bits per heavy atom. The number of nitrogens with zero attached hydrogens (tertiary/aromatic N) is 3. The zero-order valence-electron chi connectivity index (χ0n) is 19.0. The summed E-state index contributed by atoms with van der Waals surface area (Å²) in [4.78, 5) is 21.2. The summed E-state index contributed by atoms with van der Waals surface area (Å²) in [5.74, 6) is 1.93. The van der Waals surface area contributed by atoms with E-state index in [2.05, 4.69) is 62.8 Å². The van der Waals surface area contributed by atoms with E-state index in [0.717, 1.165) is 41.7 Å². The van der Waals surface area contributed by atoms with E-state index in [-0.39, 0.29) is 35.8 Å². The number of nitrogens with one attached hydrogen (secondary N) is 3. The molecule has 1 aliphatic heterocycles. The Bertz CT molecular complexity index is 1110. The highest BCUT2D eigenvalue weighted by molar-refractivity contribution is 14.0. The summed E-state index contributed by atoms with van der Waals surface area (Å²) < 4.78 is 2.13. The molecule has 0 aliphatic carbocycles. The van der Waals surface area contributed by atoms with Crippen LogP contribution in [0, 0.1) is 6.92 Å². The molecule has 1 aliphatic rings. The van der Waals surface area contributed by atoms with Gasteiger partial charge in [-0.3, -0.25) is 4.79 Å². The van der Waals surface area contributed by atoms with Gasteiger partial charge in [0.25, 0.3) is 0 Å². The van der Waals surface area contributed by atoms with Crippen molar-refractivity contribution >= 4 is 41.5 Å². The van der Waals surface area contributed by atoms with Crippen LogP contribution in [0.1, 0.15) is 41.8 Å². The molecule has 1 atom stereocenters. The van der Waals surface area contributed by atoms with Crippen molar-refractivity contribution in [3.05, 3.63) is 83.4 Å². The lowest BCUT2D eigenvalue weighted by Gasteiger charge is -2.26. The third-order valence-corrected chi connectivity index (χ3v) is 5.65. The molecule has 0 saturated carbocycles. The van der Waals surface area contributed by atoms with Crippen LogP contribution in [0.15, 0.2) is 65.9 Å². The molecule has 2 aromatic carbocycles. The van der Waals surface area contributed by atoms with E-state index >= 15 is 0 Å². The van der Waals surface area contributed by atoms with Crippen LogP contribution in [-0.2, 0) is 17.9 Å². The van der Waals surface area contributed by atoms with Crippen molar-refractivity contribution in [2.24, 2.45) is 4.99 Å². The van der Waals surface area contributed by atoms with E-state index in [1.807, 2.05) is 37.5 Å². The van der Waals surface area contributed by atoms with Crippen LogP contribution >= 0.6 is 24.0 Å². The van der Waals surface area contributed by atoms with E-state index < -0.39 is 0 Å². The number of rotatable bonds is 7. The Morgan fingerprint density at radius 1 is 1.18 bits per heavy atom. The molecule has 3 N–H and O–H groups in total. The van der Waals surface area contributed by atoms with Gasteiger partial charge >= 0.3 is 0 Å². The first-order chi connectivity index (χ1) is 15.6. The second-order valence-electron chi connectivity index (χ2n) is 8.03. The zero-order chi connectivity index (χ0) is 22.3. The number of fused-ring (bicyclic) bond motifs is 1. The fourth-order valence-corrected chi connectivity index (χ4v) is 4.01. The first-order valence-corrected chi connectivity index (χ1v) is 11.1. The summed E-state index contributed by atoms with van der Waals surface area (Å²) in [6, 6.07) is 16.5. The van der Waals surface area contributed by atoms with E-state index in [0.29, 0.717) is 19.5 Å². The minimum absolute atomic E-state index is 0. The fraction of sp³-hybridized carbons (Fsp3) is 0.320. The quantitative estimate of drug-likeness (QED) is 0.232. The summed E-state index contributed by atoms with van der Waals surface area (Å²) in [5.41, 5.74) is 4.45. The van der Waals surface area contributed by atoms with Gasteiger partial charge < -0.3 is 20.5 Å². The highest BCUT2D eigenvalue weighted by Crippen LogP contribution is 2.31. The predicted octanol–water partition coefficient (Wildman–Crippen LogP) is 4.04. The lowest BCUT2D eigenvalue weighted by atomic mass is 9.90. The van der Waals surface area contributed by atoms with E-state index in [1.165, 1.54) is 5.56 Å². The fourth-order valence-electron chi connectivity index (χ4n) is 4.01. The summed E-state index contributed by atoms with van der Waals surface area (Å²) in [6.07, 6.45) is 4.29. The van der Waals surface area contributed by atoms with Gasteiger partial charge in [-0.15, -0.1) is 24.0 Å². The van der Waals surface area contributed by atoms with Crippen molar-refractivity contribution in [2.45, 2.75) is 39.3 Å². The largest absolute Gasteiger partial charge is 0.357 e. The Hall–Kier alpha value is -2.88. The number of aromatic nitrogens is 2. The van der Waals surface area contributed by atoms with Gasteiger partial charge in [-0.05, 0) is 36.6 Å². The van der Waals surface area contributed by atoms with Gasteiger partial charge in [0.05, 0.1) is 6.54 Å². The van der Waals surface area contributed by atoms with Crippen LogP contribution in [0.25, 0.3) is 0 Å². The molecule has 0 bridgehead atoms. The zero-order valence-corrected chi connectivity index (χ0v) is 21.4. The minimum Gasteiger partial charge on any atom is -0.357 e. The molecule has 1 unspecified atom stereocenters. The topological polar surface area (TPSA) is 83.3 Å². The number of hydrogen-bond donors (Lipinski definition) is 3. The predicted molar refractivity (Wildman–Crippen MR) is 143 cm³/mol. The number of anilines is 1. The Morgan fingerprint density at radius 3 is 2.79 bits per heavy atom. The highest BCUT2D eigenvalue weighted by Gasteiger charge is 2.24. The van der Waals surface area contributed by atoms with E-state index in [4.69, 9.17) is 4.99 Å². The van der Waals surface area contributed by atoms with Crippen molar-refractivity contribution in [1.82, 2.24) is 20.2 Å². The molecule has 174 valence electrons. The second-order valence-corrected chi connectivity index (χ2v) is 8.03. The van der Waals surface area contributed by atoms with Gasteiger partial charge in [0.2, 0.25) is 5.91 Å². The normalized spacial score (nSPS) is 15.3. The van der Waals surface area contributed by atoms with Crippen LogP contribution in [0.5, 0.6) is 0 Å². The van der Waals surface area contributed by atoms with Gasteiger partial charge in [-0.25, -0.2) is 9.98 Å². The Kier molecular flexibility index (Phi) is 8.87. The molecule has 8 heteroatoms. The monoisotopic (exact) mass is 558 g/mol. The number of hydrogen-bond acceptors (Lipinski definition) is 3. The molecular formula is C25H31IN6O. The SMILES string of the molecule is CCNC(=NCc1cccc(Cn2ccnc2C)c1)NCC1CC(=O)Nc2ccccc21.I. The van der Waals surface area contributed by atoms with Crippen molar-refractivity contribution < 1.29 is 4.79 Å². The maximum atomic E-state index is 12.1. The van der Waals surface area contributed by atoms with Gasteiger partial charge in [-0.2, -0.15) is 0 Å². The third kappa shape index (κ3) is 6.56. The van der Waals surface area contributed by atoms with Gasteiger partial charge in [0, 0.05) is 50.1 Å². The molecule has 2 heterocycles. The number of amides is 1. The summed E-state index contributed by atoms with van der Waals surface area (Å²) >= 11 is 0. The number of halogens is 1. The molecule has 33 heavy (non-hydrogen) atoms. The number of imidazole rings is 1. The molecular weight excluding hydrogens is 527 g/mol. The van der Waals surface area contributed by atoms with Crippen LogP contribution in [0.4, 0.5) is 5.69 Å². The standard InChI is InChI=1S/C25H30N6O.HI/c1-3-26-25(29-16-21-14-24(32)30-23-10-5-4-9-22(21)23)28-15-19-7-6-8-20(13-19)17-31-12-11-27-18(31)2;/h4-13,21H,3,14-17H2,1-2H3,(H,30,32)(H2,26,28,29);1H. The third-order valence-electron chi connectivity index (χ3n) is 5.65. The van der Waals surface area contributed by atoms with E-state index in [1.54, 1.807) is 0 Å². The first-order valence-electron chi connectivity index (χ1n) is 11.1. The Labute approximate surface area is 212 Å². The number of para-hydroxylation sites is 1. The minimum atomic E-state index is 0.